The molecule has 0 radical (unpaired) electrons. The standard InChI is InChI=1S/C16H19NO4/c18-15(17-13-6-3-5-12(13)16(19)20)11-8-9-21-14-7-2-1-4-10(11)14/h1-2,4,7,11-13H,3,5-6,8-9H2,(H,17,18)(H,19,20). The molecule has 1 aromatic rings. The van der Waals surface area contributed by atoms with E-state index in [0.29, 0.717) is 19.4 Å². The van der Waals surface area contributed by atoms with E-state index >= 15 is 0 Å². The van der Waals surface area contributed by atoms with Gasteiger partial charge in [0, 0.05) is 11.6 Å². The van der Waals surface area contributed by atoms with Crippen LogP contribution in [0.4, 0.5) is 0 Å². The smallest absolute Gasteiger partial charge is 0.308 e. The Bertz CT molecular complexity index is 557. The lowest BCUT2D eigenvalue weighted by Crippen LogP contribution is -2.43. The summed E-state index contributed by atoms with van der Waals surface area (Å²) in [6.07, 6.45) is 2.87. The van der Waals surface area contributed by atoms with Gasteiger partial charge in [-0.1, -0.05) is 24.6 Å². The van der Waals surface area contributed by atoms with Crippen molar-refractivity contribution in [3.05, 3.63) is 29.8 Å². The largest absolute Gasteiger partial charge is 0.493 e. The fourth-order valence-electron chi connectivity index (χ4n) is 3.33. The van der Waals surface area contributed by atoms with E-state index in [1.54, 1.807) is 0 Å². The Balaban J connectivity index is 1.73. The van der Waals surface area contributed by atoms with Crippen molar-refractivity contribution in [1.29, 1.82) is 0 Å². The first-order valence-corrected chi connectivity index (χ1v) is 7.41. The van der Waals surface area contributed by atoms with Crippen LogP contribution < -0.4 is 10.1 Å². The SMILES string of the molecule is O=C(NC1CCCC1C(=O)O)C1CCOc2ccccc21. The molecule has 0 bridgehead atoms. The highest BCUT2D eigenvalue weighted by Gasteiger charge is 2.36. The van der Waals surface area contributed by atoms with Crippen molar-refractivity contribution in [2.45, 2.75) is 37.6 Å². The monoisotopic (exact) mass is 289 g/mol. The maximum Gasteiger partial charge on any atom is 0.308 e. The highest BCUT2D eigenvalue weighted by molar-refractivity contribution is 5.85. The Kier molecular flexibility index (Phi) is 3.82. The predicted octanol–water partition coefficient (Wildman–Crippen LogP) is 1.92. The van der Waals surface area contributed by atoms with E-state index in [1.807, 2.05) is 24.3 Å². The number of benzene rings is 1. The zero-order valence-electron chi connectivity index (χ0n) is 11.7. The molecule has 1 aromatic carbocycles. The van der Waals surface area contributed by atoms with Gasteiger partial charge < -0.3 is 15.2 Å². The first-order valence-electron chi connectivity index (χ1n) is 7.41. The molecule has 5 heteroatoms. The Morgan fingerprint density at radius 2 is 2.00 bits per heavy atom. The number of hydrogen-bond donors (Lipinski definition) is 2. The average molecular weight is 289 g/mol. The van der Waals surface area contributed by atoms with Gasteiger partial charge in [-0.25, -0.2) is 0 Å². The third-order valence-corrected chi connectivity index (χ3v) is 4.44. The maximum atomic E-state index is 12.5. The van der Waals surface area contributed by atoms with Gasteiger partial charge >= 0.3 is 5.97 Å². The molecule has 3 rings (SSSR count). The molecule has 21 heavy (non-hydrogen) atoms. The minimum Gasteiger partial charge on any atom is -0.493 e. The molecule has 0 spiro atoms. The van der Waals surface area contributed by atoms with Crippen molar-refractivity contribution in [3.63, 3.8) is 0 Å². The summed E-state index contributed by atoms with van der Waals surface area (Å²) in [6.45, 7) is 0.516. The second-order valence-corrected chi connectivity index (χ2v) is 5.72. The summed E-state index contributed by atoms with van der Waals surface area (Å²) in [5.41, 5.74) is 0.895. The van der Waals surface area contributed by atoms with Gasteiger partial charge in [0.2, 0.25) is 5.91 Å². The Morgan fingerprint density at radius 1 is 1.19 bits per heavy atom. The fourth-order valence-corrected chi connectivity index (χ4v) is 3.33. The molecule has 1 heterocycles. The van der Waals surface area contributed by atoms with E-state index in [9.17, 15) is 14.7 Å². The number of ether oxygens (including phenoxy) is 1. The van der Waals surface area contributed by atoms with E-state index in [-0.39, 0.29) is 17.9 Å². The lowest BCUT2D eigenvalue weighted by atomic mass is 9.91. The van der Waals surface area contributed by atoms with Crippen molar-refractivity contribution in [2.75, 3.05) is 6.61 Å². The molecule has 112 valence electrons. The van der Waals surface area contributed by atoms with Gasteiger partial charge in [-0.3, -0.25) is 9.59 Å². The number of hydrogen-bond acceptors (Lipinski definition) is 3. The summed E-state index contributed by atoms with van der Waals surface area (Å²) >= 11 is 0. The summed E-state index contributed by atoms with van der Waals surface area (Å²) in [7, 11) is 0. The van der Waals surface area contributed by atoms with Crippen molar-refractivity contribution in [2.24, 2.45) is 5.92 Å². The lowest BCUT2D eigenvalue weighted by molar-refractivity contribution is -0.142. The van der Waals surface area contributed by atoms with Crippen LogP contribution in [-0.4, -0.2) is 29.6 Å². The third kappa shape index (κ3) is 2.73. The first kappa shape index (κ1) is 13.9. The highest BCUT2D eigenvalue weighted by atomic mass is 16.5. The Morgan fingerprint density at radius 3 is 2.81 bits per heavy atom. The normalized spacial score (nSPS) is 27.5. The highest BCUT2D eigenvalue weighted by Crippen LogP contribution is 2.34. The number of aliphatic carboxylic acids is 1. The molecule has 1 saturated carbocycles. The van der Waals surface area contributed by atoms with E-state index in [2.05, 4.69) is 5.32 Å². The average Bonchev–Trinajstić information content (AvgIpc) is 2.95. The number of fused-ring (bicyclic) bond motifs is 1. The molecular formula is C16H19NO4. The van der Waals surface area contributed by atoms with Crippen LogP contribution in [-0.2, 0) is 9.59 Å². The second-order valence-electron chi connectivity index (χ2n) is 5.72. The van der Waals surface area contributed by atoms with Crippen molar-refractivity contribution < 1.29 is 19.4 Å². The molecule has 5 nitrogen and oxygen atoms in total. The van der Waals surface area contributed by atoms with E-state index < -0.39 is 11.9 Å². The van der Waals surface area contributed by atoms with Crippen molar-refractivity contribution in [1.82, 2.24) is 5.32 Å². The number of carboxylic acids is 1. The van der Waals surface area contributed by atoms with Gasteiger partial charge in [-0.15, -0.1) is 0 Å². The Labute approximate surface area is 123 Å². The topological polar surface area (TPSA) is 75.6 Å². The van der Waals surface area contributed by atoms with Gasteiger partial charge in [0.05, 0.1) is 18.4 Å². The molecule has 1 amide bonds. The first-order chi connectivity index (χ1) is 10.2. The summed E-state index contributed by atoms with van der Waals surface area (Å²) < 4.78 is 5.56. The molecule has 2 N–H and O–H groups in total. The molecule has 0 aromatic heterocycles. The van der Waals surface area contributed by atoms with E-state index in [0.717, 1.165) is 24.2 Å². The van der Waals surface area contributed by atoms with Crippen LogP contribution in [0, 0.1) is 5.92 Å². The van der Waals surface area contributed by atoms with Gasteiger partial charge in [-0.2, -0.15) is 0 Å². The fraction of sp³-hybridized carbons (Fsp3) is 0.500. The van der Waals surface area contributed by atoms with Gasteiger partial charge in [0.25, 0.3) is 0 Å². The van der Waals surface area contributed by atoms with Crippen LogP contribution in [0.25, 0.3) is 0 Å². The van der Waals surface area contributed by atoms with Crippen LogP contribution in [0.5, 0.6) is 5.75 Å². The number of carbonyl (C=O) groups excluding carboxylic acids is 1. The predicted molar refractivity (Wildman–Crippen MR) is 76.2 cm³/mol. The number of para-hydroxylation sites is 1. The number of carbonyl (C=O) groups is 2. The minimum absolute atomic E-state index is 0.0797. The molecule has 1 aliphatic carbocycles. The van der Waals surface area contributed by atoms with E-state index in [1.165, 1.54) is 0 Å². The minimum atomic E-state index is -0.815. The number of rotatable bonds is 3. The molecule has 3 atom stereocenters. The zero-order valence-corrected chi connectivity index (χ0v) is 11.7. The lowest BCUT2D eigenvalue weighted by Gasteiger charge is -2.27. The van der Waals surface area contributed by atoms with Crippen molar-refractivity contribution >= 4 is 11.9 Å². The van der Waals surface area contributed by atoms with Crippen LogP contribution in [0.3, 0.4) is 0 Å². The summed E-state index contributed by atoms with van der Waals surface area (Å²) in [5.74, 6) is -0.840. The molecule has 1 aliphatic heterocycles. The molecule has 2 aliphatic rings. The number of amides is 1. The third-order valence-electron chi connectivity index (χ3n) is 4.44. The van der Waals surface area contributed by atoms with Crippen molar-refractivity contribution in [3.8, 4) is 5.75 Å². The summed E-state index contributed by atoms with van der Waals surface area (Å²) in [5, 5.41) is 12.1. The van der Waals surface area contributed by atoms with Crippen LogP contribution in [0.15, 0.2) is 24.3 Å². The molecule has 0 saturated heterocycles. The van der Waals surface area contributed by atoms with E-state index in [4.69, 9.17) is 4.74 Å². The zero-order chi connectivity index (χ0) is 14.8. The Hall–Kier alpha value is -2.04. The quantitative estimate of drug-likeness (QED) is 0.891. The maximum absolute atomic E-state index is 12.5. The van der Waals surface area contributed by atoms with Gasteiger partial charge in [0.1, 0.15) is 5.75 Å². The van der Waals surface area contributed by atoms with Gasteiger partial charge in [0.15, 0.2) is 0 Å². The van der Waals surface area contributed by atoms with Gasteiger partial charge in [-0.05, 0) is 25.3 Å². The molecule has 1 fully saturated rings. The number of nitrogens with one attached hydrogen (secondary N) is 1. The van der Waals surface area contributed by atoms with Crippen LogP contribution >= 0.6 is 0 Å². The molecular weight excluding hydrogens is 270 g/mol. The van der Waals surface area contributed by atoms with Crippen LogP contribution in [0.2, 0.25) is 0 Å². The second kappa shape index (κ2) is 5.76. The van der Waals surface area contributed by atoms with Crippen LogP contribution in [0.1, 0.15) is 37.2 Å². The summed E-state index contributed by atoms with van der Waals surface area (Å²) in [4.78, 5) is 23.7. The molecule has 3 unspecified atom stereocenters. The number of carboxylic acid groups (broad SMARTS) is 1. The summed E-state index contributed by atoms with van der Waals surface area (Å²) in [6, 6.07) is 7.30.